The van der Waals surface area contributed by atoms with Crippen molar-refractivity contribution in [3.8, 4) is 5.75 Å². The maximum atomic E-state index is 12.4. The van der Waals surface area contributed by atoms with Gasteiger partial charge in [0.15, 0.2) is 13.1 Å². The highest BCUT2D eigenvalue weighted by molar-refractivity contribution is 5.94. The number of para-hydroxylation sites is 2. The molecule has 1 atom stereocenters. The largest absolute Gasteiger partial charge is 0.495 e. The van der Waals surface area contributed by atoms with Crippen molar-refractivity contribution in [3.63, 3.8) is 0 Å². The summed E-state index contributed by atoms with van der Waals surface area (Å²) in [5.41, 5.74) is 3.62. The third kappa shape index (κ3) is 5.82. The molecule has 2 rings (SSSR count). The number of quaternary nitrogens is 1. The Morgan fingerprint density at radius 3 is 2.15 bits per heavy atom. The van der Waals surface area contributed by atoms with Crippen molar-refractivity contribution < 1.29 is 19.2 Å². The Kier molecular flexibility index (Phi) is 7.37. The summed E-state index contributed by atoms with van der Waals surface area (Å²) >= 11 is 0. The highest BCUT2D eigenvalue weighted by Gasteiger charge is 2.18. The van der Waals surface area contributed by atoms with Gasteiger partial charge in [-0.15, -0.1) is 0 Å². The third-order valence-electron chi connectivity index (χ3n) is 4.58. The first kappa shape index (κ1) is 20.5. The average molecular weight is 370 g/mol. The van der Waals surface area contributed by atoms with Gasteiger partial charge in [-0.2, -0.15) is 0 Å². The quantitative estimate of drug-likeness (QED) is 0.663. The number of hydrogen-bond donors (Lipinski definition) is 3. The van der Waals surface area contributed by atoms with E-state index in [2.05, 4.69) is 10.6 Å². The van der Waals surface area contributed by atoms with Crippen LogP contribution in [0.15, 0.2) is 42.5 Å². The topological polar surface area (TPSA) is 71.9 Å². The molecule has 6 heteroatoms. The zero-order valence-corrected chi connectivity index (χ0v) is 16.4. The van der Waals surface area contributed by atoms with Gasteiger partial charge in [-0.3, -0.25) is 9.59 Å². The standard InChI is InChI=1S/C21H27N3O3/c1-5-24(13-20(25)22-17-11-8-9-15(2)16(17)3)14-21(26)23-18-10-6-7-12-19(18)27-4/h6-12H,5,13-14H2,1-4H3,(H,22,25)(H,23,26)/p+1. The second-order valence-electron chi connectivity index (χ2n) is 6.50. The number of hydrogen-bond acceptors (Lipinski definition) is 3. The van der Waals surface area contributed by atoms with Crippen LogP contribution in [0, 0.1) is 13.8 Å². The van der Waals surface area contributed by atoms with Crippen LogP contribution in [0.5, 0.6) is 5.75 Å². The molecule has 0 bridgehead atoms. The summed E-state index contributed by atoms with van der Waals surface area (Å²) < 4.78 is 5.24. The molecule has 144 valence electrons. The highest BCUT2D eigenvalue weighted by atomic mass is 16.5. The molecule has 27 heavy (non-hydrogen) atoms. The number of carbonyl (C=O) groups excluding carboxylic acids is 2. The predicted octanol–water partition coefficient (Wildman–Crippen LogP) is 1.79. The second-order valence-corrected chi connectivity index (χ2v) is 6.50. The van der Waals surface area contributed by atoms with Crippen LogP contribution in [0.4, 0.5) is 11.4 Å². The van der Waals surface area contributed by atoms with Crippen LogP contribution in [0.25, 0.3) is 0 Å². The lowest BCUT2D eigenvalue weighted by molar-refractivity contribution is -0.881. The number of aryl methyl sites for hydroxylation is 1. The van der Waals surface area contributed by atoms with Crippen LogP contribution in [0.2, 0.25) is 0 Å². The lowest BCUT2D eigenvalue weighted by Gasteiger charge is -2.18. The van der Waals surface area contributed by atoms with E-state index in [-0.39, 0.29) is 24.9 Å². The summed E-state index contributed by atoms with van der Waals surface area (Å²) in [6, 6.07) is 13.1. The molecular weight excluding hydrogens is 342 g/mol. The Morgan fingerprint density at radius 2 is 1.52 bits per heavy atom. The van der Waals surface area contributed by atoms with Crippen molar-refractivity contribution in [3.05, 3.63) is 53.6 Å². The lowest BCUT2D eigenvalue weighted by Crippen LogP contribution is -3.13. The van der Waals surface area contributed by atoms with Crippen molar-refractivity contribution in [2.75, 3.05) is 37.4 Å². The van der Waals surface area contributed by atoms with E-state index in [0.717, 1.165) is 21.7 Å². The summed E-state index contributed by atoms with van der Waals surface area (Å²) in [5.74, 6) is 0.345. The van der Waals surface area contributed by atoms with Gasteiger partial charge in [-0.05, 0) is 50.1 Å². The fourth-order valence-electron chi connectivity index (χ4n) is 2.79. The molecule has 2 amide bonds. The van der Waals surface area contributed by atoms with E-state index in [1.54, 1.807) is 19.2 Å². The molecule has 0 aliphatic heterocycles. The van der Waals surface area contributed by atoms with E-state index in [1.165, 1.54) is 0 Å². The fourth-order valence-corrected chi connectivity index (χ4v) is 2.79. The monoisotopic (exact) mass is 370 g/mol. The molecule has 3 N–H and O–H groups in total. The minimum absolute atomic E-state index is 0.106. The first-order valence-electron chi connectivity index (χ1n) is 9.07. The summed E-state index contributed by atoms with van der Waals surface area (Å²) in [7, 11) is 1.56. The van der Waals surface area contributed by atoms with Crippen molar-refractivity contribution in [1.82, 2.24) is 0 Å². The van der Waals surface area contributed by atoms with Gasteiger partial charge in [0.2, 0.25) is 0 Å². The van der Waals surface area contributed by atoms with Gasteiger partial charge in [0.1, 0.15) is 5.75 Å². The molecule has 2 aromatic rings. The Labute approximate surface area is 160 Å². The number of anilines is 2. The van der Waals surface area contributed by atoms with E-state index in [1.807, 2.05) is 51.1 Å². The van der Waals surface area contributed by atoms with Gasteiger partial charge in [-0.1, -0.05) is 24.3 Å². The van der Waals surface area contributed by atoms with Gasteiger partial charge < -0.3 is 20.3 Å². The van der Waals surface area contributed by atoms with Crippen molar-refractivity contribution in [2.24, 2.45) is 0 Å². The van der Waals surface area contributed by atoms with Crippen molar-refractivity contribution >= 4 is 23.2 Å². The van der Waals surface area contributed by atoms with Gasteiger partial charge >= 0.3 is 0 Å². The van der Waals surface area contributed by atoms with Gasteiger partial charge in [0.25, 0.3) is 11.8 Å². The molecule has 0 spiro atoms. The molecule has 2 aromatic carbocycles. The number of nitrogens with one attached hydrogen (secondary N) is 3. The van der Waals surface area contributed by atoms with Gasteiger partial charge in [-0.25, -0.2) is 0 Å². The number of rotatable bonds is 8. The lowest BCUT2D eigenvalue weighted by atomic mass is 10.1. The minimum atomic E-state index is -0.157. The average Bonchev–Trinajstić information content (AvgIpc) is 2.65. The Hall–Kier alpha value is -2.86. The first-order chi connectivity index (χ1) is 12.9. The van der Waals surface area contributed by atoms with E-state index in [0.29, 0.717) is 18.0 Å². The number of carbonyl (C=O) groups is 2. The zero-order chi connectivity index (χ0) is 19.8. The summed E-state index contributed by atoms with van der Waals surface area (Å²) in [5, 5.41) is 5.79. The molecular formula is C21H28N3O3+. The van der Waals surface area contributed by atoms with Crippen LogP contribution < -0.4 is 20.3 Å². The number of amides is 2. The molecule has 0 aliphatic carbocycles. The Morgan fingerprint density at radius 1 is 0.926 bits per heavy atom. The number of ether oxygens (including phenoxy) is 1. The van der Waals surface area contributed by atoms with Gasteiger partial charge in [0, 0.05) is 5.69 Å². The van der Waals surface area contributed by atoms with Crippen LogP contribution >= 0.6 is 0 Å². The molecule has 0 aromatic heterocycles. The molecule has 0 heterocycles. The molecule has 1 unspecified atom stereocenters. The van der Waals surface area contributed by atoms with Crippen LogP contribution in [-0.2, 0) is 9.59 Å². The van der Waals surface area contributed by atoms with E-state index < -0.39 is 0 Å². The molecule has 0 aliphatic rings. The van der Waals surface area contributed by atoms with Crippen LogP contribution in [0.3, 0.4) is 0 Å². The molecule has 0 saturated heterocycles. The second kappa shape index (κ2) is 9.73. The smallest absolute Gasteiger partial charge is 0.279 e. The fraction of sp³-hybridized carbons (Fsp3) is 0.333. The molecule has 0 radical (unpaired) electrons. The summed E-state index contributed by atoms with van der Waals surface area (Å²) in [4.78, 5) is 25.7. The maximum Gasteiger partial charge on any atom is 0.279 e. The van der Waals surface area contributed by atoms with Crippen molar-refractivity contribution in [1.29, 1.82) is 0 Å². The van der Waals surface area contributed by atoms with E-state index >= 15 is 0 Å². The maximum absolute atomic E-state index is 12.4. The zero-order valence-electron chi connectivity index (χ0n) is 16.4. The SMILES string of the molecule is CC[NH+](CC(=O)Nc1ccccc1OC)CC(=O)Nc1cccc(C)c1C. The normalized spacial score (nSPS) is 11.6. The molecule has 6 nitrogen and oxygen atoms in total. The Bertz CT molecular complexity index is 805. The number of benzene rings is 2. The molecule has 0 saturated carbocycles. The van der Waals surface area contributed by atoms with E-state index in [4.69, 9.17) is 4.74 Å². The summed E-state index contributed by atoms with van der Waals surface area (Å²) in [6.07, 6.45) is 0. The van der Waals surface area contributed by atoms with Crippen LogP contribution in [-0.4, -0.2) is 38.6 Å². The number of likely N-dealkylation sites (N-methyl/N-ethyl adjacent to an activating group) is 1. The first-order valence-corrected chi connectivity index (χ1v) is 9.07. The third-order valence-corrected chi connectivity index (χ3v) is 4.58. The molecule has 0 fully saturated rings. The summed E-state index contributed by atoms with van der Waals surface area (Å²) in [6.45, 7) is 7.04. The van der Waals surface area contributed by atoms with Crippen LogP contribution in [0.1, 0.15) is 18.1 Å². The highest BCUT2D eigenvalue weighted by Crippen LogP contribution is 2.22. The van der Waals surface area contributed by atoms with Gasteiger partial charge in [0.05, 0.1) is 19.3 Å². The minimum Gasteiger partial charge on any atom is -0.495 e. The van der Waals surface area contributed by atoms with E-state index in [9.17, 15) is 9.59 Å². The number of methoxy groups -OCH3 is 1. The van der Waals surface area contributed by atoms with Crippen molar-refractivity contribution in [2.45, 2.75) is 20.8 Å². The predicted molar refractivity (Wildman–Crippen MR) is 107 cm³/mol. The Balaban J connectivity index is 1.93.